The molecular weight excluding hydrogens is 408 g/mol. The minimum atomic E-state index is -2.60. The summed E-state index contributed by atoms with van der Waals surface area (Å²) in [6.45, 7) is 14.0. The minimum absolute atomic E-state index is 0.0363. The highest BCUT2D eigenvalue weighted by atomic mass is 16.8. The van der Waals surface area contributed by atoms with E-state index in [0.29, 0.717) is 6.42 Å². The van der Waals surface area contributed by atoms with Crippen LogP contribution in [0, 0.1) is 5.92 Å². The molecule has 0 spiro atoms. The maximum Gasteiger partial charge on any atom is 0.336 e. The first-order valence-corrected chi connectivity index (χ1v) is 9.80. The maximum atomic E-state index is 12.4. The van der Waals surface area contributed by atoms with E-state index in [0.717, 1.165) is 0 Å². The van der Waals surface area contributed by atoms with Crippen molar-refractivity contribution in [1.29, 1.82) is 0 Å². The van der Waals surface area contributed by atoms with Gasteiger partial charge in [0.2, 0.25) is 5.60 Å². The molecule has 0 aliphatic rings. The Morgan fingerprint density at radius 1 is 0.806 bits per heavy atom. The Labute approximate surface area is 183 Å². The molecule has 0 saturated carbocycles. The summed E-state index contributed by atoms with van der Waals surface area (Å²) in [4.78, 5) is 37.1. The molecule has 0 amide bonds. The molecule has 0 radical (unpaired) electrons. The Bertz CT molecular complexity index is 682. The van der Waals surface area contributed by atoms with Crippen LogP contribution in [0.4, 0.5) is 0 Å². The van der Waals surface area contributed by atoms with Crippen molar-refractivity contribution in [1.82, 2.24) is 0 Å². The number of ether oxygens (including phenoxy) is 3. The van der Waals surface area contributed by atoms with Crippen LogP contribution >= 0.6 is 0 Å². The standard InChI is InChI=1S/C22H34O9/c1-14(2)18(26)29-21(12-24,10-8-9-17(7)11-23)22(13-25,30-19(27)15(3)4)31-20(28)16(5)6/h17,23-25H,1,3,5,8-13H2,2,4,6-7H3. The zero-order chi connectivity index (χ0) is 24.4. The first-order valence-electron chi connectivity index (χ1n) is 9.80. The predicted molar refractivity (Wildman–Crippen MR) is 112 cm³/mol. The van der Waals surface area contributed by atoms with E-state index < -0.39 is 42.5 Å². The Balaban J connectivity index is 6.57. The van der Waals surface area contributed by atoms with E-state index >= 15 is 0 Å². The Hall–Kier alpha value is -2.49. The lowest BCUT2D eigenvalue weighted by atomic mass is 9.86. The van der Waals surface area contributed by atoms with Gasteiger partial charge in [0.25, 0.3) is 0 Å². The number of hydrogen-bond acceptors (Lipinski definition) is 9. The van der Waals surface area contributed by atoms with Crippen molar-refractivity contribution < 1.29 is 43.9 Å². The van der Waals surface area contributed by atoms with Gasteiger partial charge in [-0.25, -0.2) is 14.4 Å². The molecule has 9 nitrogen and oxygen atoms in total. The average molecular weight is 443 g/mol. The summed E-state index contributed by atoms with van der Waals surface area (Å²) >= 11 is 0. The van der Waals surface area contributed by atoms with Gasteiger partial charge in [0, 0.05) is 23.3 Å². The molecule has 2 atom stereocenters. The molecule has 176 valence electrons. The number of carbonyl (C=O) groups excluding carboxylic acids is 3. The highest BCUT2D eigenvalue weighted by Gasteiger charge is 2.61. The van der Waals surface area contributed by atoms with Gasteiger partial charge in [-0.1, -0.05) is 26.7 Å². The van der Waals surface area contributed by atoms with Crippen LogP contribution in [0.15, 0.2) is 36.5 Å². The Kier molecular flexibility index (Phi) is 11.4. The van der Waals surface area contributed by atoms with Crippen molar-refractivity contribution in [2.24, 2.45) is 5.92 Å². The molecule has 0 aromatic rings. The SMILES string of the molecule is C=C(C)C(=O)OC(CO)(CCCC(C)CO)C(CO)(OC(=O)C(=C)C)OC(=O)C(=C)C. The average Bonchev–Trinajstić information content (AvgIpc) is 2.71. The molecule has 0 aliphatic heterocycles. The van der Waals surface area contributed by atoms with Crippen molar-refractivity contribution in [3.63, 3.8) is 0 Å². The second-order valence-corrected chi connectivity index (χ2v) is 7.75. The molecule has 0 aromatic carbocycles. The van der Waals surface area contributed by atoms with Crippen molar-refractivity contribution in [2.45, 2.75) is 58.3 Å². The molecule has 0 fully saturated rings. The molecule has 0 rings (SSSR count). The van der Waals surface area contributed by atoms with Gasteiger partial charge in [-0.3, -0.25) is 0 Å². The van der Waals surface area contributed by atoms with Crippen LogP contribution in [-0.2, 0) is 28.6 Å². The summed E-state index contributed by atoms with van der Waals surface area (Å²) in [5.41, 5.74) is -2.39. The third kappa shape index (κ3) is 7.61. The number of esters is 3. The molecular formula is C22H34O9. The summed E-state index contributed by atoms with van der Waals surface area (Å²) in [7, 11) is 0. The minimum Gasteiger partial charge on any atom is -0.445 e. The molecule has 0 aliphatic carbocycles. The maximum absolute atomic E-state index is 12.4. The van der Waals surface area contributed by atoms with Crippen molar-refractivity contribution in [3.05, 3.63) is 36.5 Å². The second-order valence-electron chi connectivity index (χ2n) is 7.75. The van der Waals surface area contributed by atoms with Crippen LogP contribution < -0.4 is 0 Å². The quantitative estimate of drug-likeness (QED) is 0.208. The van der Waals surface area contributed by atoms with Gasteiger partial charge >= 0.3 is 23.7 Å². The van der Waals surface area contributed by atoms with Gasteiger partial charge in [0.1, 0.15) is 6.61 Å². The molecule has 9 heteroatoms. The first kappa shape index (κ1) is 28.5. The monoisotopic (exact) mass is 442 g/mol. The smallest absolute Gasteiger partial charge is 0.336 e. The number of carbonyl (C=O) groups is 3. The lowest BCUT2D eigenvalue weighted by Crippen LogP contribution is -2.65. The van der Waals surface area contributed by atoms with Crippen LogP contribution in [0.1, 0.15) is 47.0 Å². The van der Waals surface area contributed by atoms with Gasteiger partial charge < -0.3 is 29.5 Å². The largest absolute Gasteiger partial charge is 0.445 e. The summed E-state index contributed by atoms with van der Waals surface area (Å²) in [6.07, 6.45) is 0.510. The van der Waals surface area contributed by atoms with E-state index in [9.17, 15) is 29.7 Å². The predicted octanol–water partition coefficient (Wildman–Crippen LogP) is 1.56. The van der Waals surface area contributed by atoms with Gasteiger partial charge in [0.15, 0.2) is 0 Å². The van der Waals surface area contributed by atoms with E-state index in [2.05, 4.69) is 19.7 Å². The van der Waals surface area contributed by atoms with E-state index in [1.165, 1.54) is 20.8 Å². The fourth-order valence-corrected chi connectivity index (χ4v) is 2.53. The van der Waals surface area contributed by atoms with Gasteiger partial charge in [0.05, 0.1) is 6.61 Å². The summed E-state index contributed by atoms with van der Waals surface area (Å²) in [6, 6.07) is 0. The van der Waals surface area contributed by atoms with E-state index in [1.807, 2.05) is 0 Å². The van der Waals surface area contributed by atoms with Crippen LogP contribution in [0.2, 0.25) is 0 Å². The number of aliphatic hydroxyl groups is 3. The summed E-state index contributed by atoms with van der Waals surface area (Å²) < 4.78 is 16.1. The van der Waals surface area contributed by atoms with Crippen LogP contribution in [0.25, 0.3) is 0 Å². The fraction of sp³-hybridized carbons (Fsp3) is 0.591. The molecule has 2 unspecified atom stereocenters. The third-order valence-corrected chi connectivity index (χ3v) is 4.60. The number of hydrogen-bond donors (Lipinski definition) is 3. The normalized spacial score (nSPS) is 14.0. The van der Waals surface area contributed by atoms with Crippen LogP contribution in [-0.4, -0.2) is 64.4 Å². The van der Waals surface area contributed by atoms with E-state index in [4.69, 9.17) is 14.2 Å². The first-order chi connectivity index (χ1) is 14.3. The van der Waals surface area contributed by atoms with Crippen molar-refractivity contribution >= 4 is 17.9 Å². The lowest BCUT2D eigenvalue weighted by Gasteiger charge is -2.45. The number of rotatable bonds is 14. The molecule has 0 aromatic heterocycles. The van der Waals surface area contributed by atoms with Crippen molar-refractivity contribution in [2.75, 3.05) is 19.8 Å². The topological polar surface area (TPSA) is 140 Å². The summed E-state index contributed by atoms with van der Waals surface area (Å²) in [5.74, 6) is -5.76. The Morgan fingerprint density at radius 3 is 1.55 bits per heavy atom. The Morgan fingerprint density at radius 2 is 1.23 bits per heavy atom. The second kappa shape index (κ2) is 12.4. The zero-order valence-electron chi connectivity index (χ0n) is 18.7. The molecule has 0 heterocycles. The molecule has 0 saturated heterocycles. The lowest BCUT2D eigenvalue weighted by molar-refractivity contribution is -0.314. The highest BCUT2D eigenvalue weighted by Crippen LogP contribution is 2.38. The van der Waals surface area contributed by atoms with Gasteiger partial charge in [-0.2, -0.15) is 0 Å². The molecule has 31 heavy (non-hydrogen) atoms. The van der Waals surface area contributed by atoms with Crippen molar-refractivity contribution in [3.8, 4) is 0 Å². The fourth-order valence-electron chi connectivity index (χ4n) is 2.53. The van der Waals surface area contributed by atoms with Gasteiger partial charge in [-0.15, -0.1) is 0 Å². The van der Waals surface area contributed by atoms with E-state index in [1.54, 1.807) is 6.92 Å². The van der Waals surface area contributed by atoms with Crippen LogP contribution in [0.3, 0.4) is 0 Å². The van der Waals surface area contributed by atoms with Crippen LogP contribution in [0.5, 0.6) is 0 Å². The third-order valence-electron chi connectivity index (χ3n) is 4.60. The summed E-state index contributed by atoms with van der Waals surface area (Å²) in [5, 5.41) is 29.8. The van der Waals surface area contributed by atoms with E-state index in [-0.39, 0.29) is 42.1 Å². The number of aliphatic hydroxyl groups excluding tert-OH is 3. The highest BCUT2D eigenvalue weighted by molar-refractivity contribution is 5.90. The van der Waals surface area contributed by atoms with Gasteiger partial charge in [-0.05, 0) is 46.0 Å². The molecule has 0 bridgehead atoms. The molecule has 3 N–H and O–H groups in total. The zero-order valence-corrected chi connectivity index (χ0v) is 18.7.